The van der Waals surface area contributed by atoms with Crippen LogP contribution >= 0.6 is 0 Å². The van der Waals surface area contributed by atoms with Gasteiger partial charge in [-0.05, 0) is 6.92 Å². The molecule has 0 fully saturated rings. The third-order valence-electron chi connectivity index (χ3n) is 0.662. The van der Waals surface area contributed by atoms with Crippen LogP contribution in [-0.4, -0.2) is 24.6 Å². The Labute approximate surface area is 53.9 Å². The third kappa shape index (κ3) is 5.03. The molecule has 0 aliphatic rings. The molecular formula is C6H10O3. The minimum Gasteiger partial charge on any atom is -0.510 e. The third-order valence-corrected chi connectivity index (χ3v) is 0.662. The molecule has 3 nitrogen and oxygen atoms in total. The number of ether oxygens (including phenoxy) is 1. The van der Waals surface area contributed by atoms with Gasteiger partial charge in [0, 0.05) is 13.2 Å². The van der Waals surface area contributed by atoms with Crippen molar-refractivity contribution in [3.05, 3.63) is 11.8 Å². The molecule has 1 N–H and O–H groups in total. The average Bonchev–Trinajstić information content (AvgIpc) is 1.63. The lowest BCUT2D eigenvalue weighted by Crippen LogP contribution is -1.95. The zero-order chi connectivity index (χ0) is 7.28. The minimum absolute atomic E-state index is 0.0370. The lowest BCUT2D eigenvalue weighted by atomic mass is 10.4. The van der Waals surface area contributed by atoms with Crippen LogP contribution in [0.15, 0.2) is 11.8 Å². The molecule has 0 heterocycles. The Bertz CT molecular complexity index is 126. The van der Waals surface area contributed by atoms with Gasteiger partial charge in [0.25, 0.3) is 0 Å². The van der Waals surface area contributed by atoms with Crippen molar-refractivity contribution in [3.8, 4) is 0 Å². The van der Waals surface area contributed by atoms with E-state index in [1.165, 1.54) is 14.0 Å². The number of hydrogen-bond acceptors (Lipinski definition) is 3. The molecule has 0 unspecified atom stereocenters. The predicted molar refractivity (Wildman–Crippen MR) is 33.3 cm³/mol. The first kappa shape index (κ1) is 8.17. The number of methoxy groups -OCH3 is 1. The molecule has 0 aromatic rings. The summed E-state index contributed by atoms with van der Waals surface area (Å²) in [5.41, 5.74) is 0. The molecule has 0 aromatic carbocycles. The van der Waals surface area contributed by atoms with Gasteiger partial charge in [0.15, 0.2) is 5.78 Å². The van der Waals surface area contributed by atoms with Crippen LogP contribution in [0.4, 0.5) is 0 Å². The largest absolute Gasteiger partial charge is 0.510 e. The first-order valence-corrected chi connectivity index (χ1v) is 2.56. The second-order valence-electron chi connectivity index (χ2n) is 1.68. The molecule has 3 heteroatoms. The molecule has 0 rings (SSSR count). The standard InChI is InChI=1S/C6H10O3/c1-5(7)3-6(8)4-9-2/h3,8H,4H2,1-2H3. The maximum Gasteiger partial charge on any atom is 0.156 e. The number of ketones is 1. The fraction of sp³-hybridized carbons (Fsp3) is 0.500. The van der Waals surface area contributed by atoms with Gasteiger partial charge in [-0.1, -0.05) is 0 Å². The number of aliphatic hydroxyl groups excluding tert-OH is 1. The van der Waals surface area contributed by atoms with Gasteiger partial charge in [-0.25, -0.2) is 0 Å². The summed E-state index contributed by atoms with van der Waals surface area (Å²) in [6.45, 7) is 1.46. The summed E-state index contributed by atoms with van der Waals surface area (Å²) in [4.78, 5) is 10.2. The molecule has 0 saturated heterocycles. The van der Waals surface area contributed by atoms with E-state index in [0.29, 0.717) is 0 Å². The molecule has 0 spiro atoms. The SMILES string of the molecule is COCC(O)=CC(C)=O. The Balaban J connectivity index is 3.69. The van der Waals surface area contributed by atoms with E-state index in [9.17, 15) is 4.79 Å². The summed E-state index contributed by atoms with van der Waals surface area (Å²) >= 11 is 0. The smallest absolute Gasteiger partial charge is 0.156 e. The first-order chi connectivity index (χ1) is 4.16. The molecule has 0 aromatic heterocycles. The van der Waals surface area contributed by atoms with Crippen LogP contribution in [0, 0.1) is 0 Å². The topological polar surface area (TPSA) is 46.5 Å². The Morgan fingerprint density at radius 2 is 2.33 bits per heavy atom. The van der Waals surface area contributed by atoms with E-state index < -0.39 is 0 Å². The van der Waals surface area contributed by atoms with Crippen molar-refractivity contribution >= 4 is 5.78 Å². The highest BCUT2D eigenvalue weighted by atomic mass is 16.5. The van der Waals surface area contributed by atoms with Gasteiger partial charge in [0.05, 0.1) is 0 Å². The highest BCUT2D eigenvalue weighted by Gasteiger charge is 1.91. The van der Waals surface area contributed by atoms with E-state index in [-0.39, 0.29) is 18.1 Å². The fourth-order valence-corrected chi connectivity index (χ4v) is 0.424. The predicted octanol–water partition coefficient (Wildman–Crippen LogP) is 0.664. The van der Waals surface area contributed by atoms with Crippen molar-refractivity contribution in [1.82, 2.24) is 0 Å². The summed E-state index contributed by atoms with van der Waals surface area (Å²) in [6.07, 6.45) is 1.13. The number of rotatable bonds is 3. The fourth-order valence-electron chi connectivity index (χ4n) is 0.424. The van der Waals surface area contributed by atoms with E-state index in [1.54, 1.807) is 0 Å². The molecule has 0 aliphatic heterocycles. The maximum atomic E-state index is 10.2. The molecule has 0 radical (unpaired) electrons. The van der Waals surface area contributed by atoms with Crippen molar-refractivity contribution in [2.45, 2.75) is 6.92 Å². The van der Waals surface area contributed by atoms with Crippen LogP contribution in [0.25, 0.3) is 0 Å². The summed E-state index contributed by atoms with van der Waals surface area (Å²) < 4.78 is 4.53. The van der Waals surface area contributed by atoms with Crippen LogP contribution in [0.5, 0.6) is 0 Å². The second kappa shape index (κ2) is 4.09. The van der Waals surface area contributed by atoms with Crippen molar-refractivity contribution < 1.29 is 14.6 Å². The highest BCUT2D eigenvalue weighted by molar-refractivity contribution is 5.87. The molecule has 0 amide bonds. The second-order valence-corrected chi connectivity index (χ2v) is 1.68. The summed E-state index contributed by atoms with van der Waals surface area (Å²) in [5.74, 6) is -0.213. The molecular weight excluding hydrogens is 120 g/mol. The Hall–Kier alpha value is -0.830. The van der Waals surface area contributed by atoms with Gasteiger partial charge in [0.1, 0.15) is 12.4 Å². The van der Waals surface area contributed by atoms with Crippen molar-refractivity contribution in [3.63, 3.8) is 0 Å². The average molecular weight is 130 g/mol. The Morgan fingerprint density at radius 3 is 2.67 bits per heavy atom. The number of carbonyl (C=O) groups excluding carboxylic acids is 1. The number of aliphatic hydroxyl groups is 1. The summed E-state index contributed by atoms with van der Waals surface area (Å²) in [7, 11) is 1.45. The number of carbonyl (C=O) groups is 1. The molecule has 0 aliphatic carbocycles. The molecule has 9 heavy (non-hydrogen) atoms. The van der Waals surface area contributed by atoms with E-state index in [1.807, 2.05) is 0 Å². The lowest BCUT2D eigenvalue weighted by molar-refractivity contribution is -0.112. The van der Waals surface area contributed by atoms with Crippen LogP contribution in [0.1, 0.15) is 6.92 Å². The first-order valence-electron chi connectivity index (χ1n) is 2.56. The Morgan fingerprint density at radius 1 is 1.78 bits per heavy atom. The molecule has 52 valence electrons. The number of allylic oxidation sites excluding steroid dienone is 1. The molecule has 0 atom stereocenters. The van der Waals surface area contributed by atoms with E-state index in [0.717, 1.165) is 6.08 Å². The van der Waals surface area contributed by atoms with Gasteiger partial charge in [-0.15, -0.1) is 0 Å². The van der Waals surface area contributed by atoms with Crippen LogP contribution < -0.4 is 0 Å². The molecule has 0 saturated carbocycles. The molecule has 0 bridgehead atoms. The van der Waals surface area contributed by atoms with Crippen LogP contribution in [0.2, 0.25) is 0 Å². The quantitative estimate of drug-likeness (QED) is 0.451. The van der Waals surface area contributed by atoms with Crippen LogP contribution in [-0.2, 0) is 9.53 Å². The van der Waals surface area contributed by atoms with Gasteiger partial charge >= 0.3 is 0 Å². The maximum absolute atomic E-state index is 10.2. The summed E-state index contributed by atoms with van der Waals surface area (Å²) in [5, 5.41) is 8.73. The number of hydrogen-bond donors (Lipinski definition) is 1. The minimum atomic E-state index is -0.176. The highest BCUT2D eigenvalue weighted by Crippen LogP contribution is 1.87. The van der Waals surface area contributed by atoms with Gasteiger partial charge in [-0.2, -0.15) is 0 Å². The van der Waals surface area contributed by atoms with Crippen molar-refractivity contribution in [1.29, 1.82) is 0 Å². The van der Waals surface area contributed by atoms with E-state index in [2.05, 4.69) is 4.74 Å². The normalized spacial score (nSPS) is 11.6. The zero-order valence-corrected chi connectivity index (χ0v) is 5.55. The monoisotopic (exact) mass is 130 g/mol. The van der Waals surface area contributed by atoms with E-state index in [4.69, 9.17) is 5.11 Å². The zero-order valence-electron chi connectivity index (χ0n) is 5.55. The van der Waals surface area contributed by atoms with Gasteiger partial charge in [-0.3, -0.25) is 4.79 Å². The van der Waals surface area contributed by atoms with Crippen LogP contribution in [0.3, 0.4) is 0 Å². The van der Waals surface area contributed by atoms with E-state index >= 15 is 0 Å². The van der Waals surface area contributed by atoms with Gasteiger partial charge < -0.3 is 9.84 Å². The van der Waals surface area contributed by atoms with Crippen molar-refractivity contribution in [2.24, 2.45) is 0 Å². The van der Waals surface area contributed by atoms with Gasteiger partial charge in [0.2, 0.25) is 0 Å². The Kier molecular flexibility index (Phi) is 3.71. The lowest BCUT2D eigenvalue weighted by Gasteiger charge is -1.93. The van der Waals surface area contributed by atoms with Crippen molar-refractivity contribution in [2.75, 3.05) is 13.7 Å². The summed E-state index contributed by atoms with van der Waals surface area (Å²) in [6, 6.07) is 0.